The van der Waals surface area contributed by atoms with E-state index in [0.29, 0.717) is 11.7 Å². The average molecular weight is 334 g/mol. The predicted octanol–water partition coefficient (Wildman–Crippen LogP) is 1.29. The van der Waals surface area contributed by atoms with E-state index in [-0.39, 0.29) is 17.3 Å². The lowest BCUT2D eigenvalue weighted by atomic mass is 10.3. The Morgan fingerprint density at radius 3 is 2.59 bits per heavy atom. The van der Waals surface area contributed by atoms with Gasteiger partial charge in [0.2, 0.25) is 5.91 Å². The summed E-state index contributed by atoms with van der Waals surface area (Å²) >= 11 is 1.08. The number of alkyl halides is 3. The third-order valence-electron chi connectivity index (χ3n) is 2.78. The topological polar surface area (TPSA) is 91.6 Å². The molecule has 0 atom stereocenters. The Morgan fingerprint density at radius 2 is 2.09 bits per heavy atom. The number of aryl methyl sites for hydroxylation is 1. The number of carbonyl (C=O) groups excluding carboxylic acids is 1. The van der Waals surface area contributed by atoms with Crippen LogP contribution in [0.15, 0.2) is 11.2 Å². The molecule has 0 saturated heterocycles. The molecule has 0 aliphatic carbocycles. The lowest BCUT2D eigenvalue weighted by Gasteiger charge is -2.06. The Bertz CT molecular complexity index is 693. The van der Waals surface area contributed by atoms with E-state index in [0.717, 1.165) is 22.5 Å². The third-order valence-corrected chi connectivity index (χ3v) is 3.77. The second-order valence-electron chi connectivity index (χ2n) is 4.34. The van der Waals surface area contributed by atoms with Crippen LogP contribution >= 0.6 is 11.8 Å². The number of carbonyl (C=O) groups is 1. The van der Waals surface area contributed by atoms with Crippen LogP contribution in [0.25, 0.3) is 11.5 Å². The molecule has 11 heteroatoms. The molecule has 0 saturated carbocycles. The smallest absolute Gasteiger partial charge is 0.369 e. The first-order chi connectivity index (χ1) is 10.2. The van der Waals surface area contributed by atoms with Crippen LogP contribution in [0.4, 0.5) is 13.2 Å². The van der Waals surface area contributed by atoms with E-state index >= 15 is 0 Å². The number of nitrogens with zero attached hydrogens (tertiary/aromatic N) is 5. The highest BCUT2D eigenvalue weighted by atomic mass is 32.2. The summed E-state index contributed by atoms with van der Waals surface area (Å²) in [4.78, 5) is 10.8. The van der Waals surface area contributed by atoms with Gasteiger partial charge in [-0.25, -0.2) is 0 Å². The van der Waals surface area contributed by atoms with Crippen molar-refractivity contribution in [1.82, 2.24) is 24.5 Å². The Morgan fingerprint density at radius 1 is 1.41 bits per heavy atom. The zero-order chi connectivity index (χ0) is 16.5. The first-order valence-corrected chi connectivity index (χ1v) is 7.18. The van der Waals surface area contributed by atoms with Gasteiger partial charge in [-0.3, -0.25) is 9.48 Å². The monoisotopic (exact) mass is 334 g/mol. The van der Waals surface area contributed by atoms with Gasteiger partial charge in [-0.2, -0.15) is 18.3 Å². The van der Waals surface area contributed by atoms with Gasteiger partial charge in [0.25, 0.3) is 0 Å². The Balaban J connectivity index is 2.41. The molecule has 120 valence electrons. The van der Waals surface area contributed by atoms with E-state index < -0.39 is 17.8 Å². The van der Waals surface area contributed by atoms with Gasteiger partial charge in [-0.15, -0.1) is 10.2 Å². The van der Waals surface area contributed by atoms with Crippen LogP contribution < -0.4 is 5.73 Å². The molecule has 2 N–H and O–H groups in total. The molecule has 2 heterocycles. The van der Waals surface area contributed by atoms with E-state index in [1.807, 2.05) is 0 Å². The first-order valence-electron chi connectivity index (χ1n) is 6.20. The normalized spacial score (nSPS) is 11.9. The Hall–Kier alpha value is -2.04. The molecule has 0 fully saturated rings. The van der Waals surface area contributed by atoms with Crippen molar-refractivity contribution in [2.24, 2.45) is 12.8 Å². The third kappa shape index (κ3) is 3.24. The molecule has 2 aromatic rings. The van der Waals surface area contributed by atoms with Crippen molar-refractivity contribution in [2.45, 2.75) is 24.8 Å². The van der Waals surface area contributed by atoms with Crippen molar-refractivity contribution in [2.75, 3.05) is 5.75 Å². The molecule has 2 rings (SSSR count). The zero-order valence-corrected chi connectivity index (χ0v) is 12.6. The Labute approximate surface area is 127 Å². The van der Waals surface area contributed by atoms with Gasteiger partial charge in [-0.1, -0.05) is 11.8 Å². The Kier molecular flexibility index (Phi) is 4.44. The molecule has 0 aliphatic heterocycles. The number of aromatic nitrogens is 5. The lowest BCUT2D eigenvalue weighted by Crippen LogP contribution is -2.14. The van der Waals surface area contributed by atoms with E-state index in [1.54, 1.807) is 11.5 Å². The van der Waals surface area contributed by atoms with Crippen molar-refractivity contribution in [3.05, 3.63) is 11.8 Å². The highest BCUT2D eigenvalue weighted by Crippen LogP contribution is 2.31. The second-order valence-corrected chi connectivity index (χ2v) is 5.28. The van der Waals surface area contributed by atoms with Crippen molar-refractivity contribution >= 4 is 17.7 Å². The number of hydrogen-bond acceptors (Lipinski definition) is 5. The molecule has 0 spiro atoms. The van der Waals surface area contributed by atoms with Crippen LogP contribution in [-0.4, -0.2) is 36.2 Å². The van der Waals surface area contributed by atoms with Gasteiger partial charge >= 0.3 is 6.18 Å². The lowest BCUT2D eigenvalue weighted by molar-refractivity contribution is -0.141. The SMILES string of the molecule is CCn1c(SCC(N)=O)nnc1-c1cc(C(F)(F)F)nn1C. The van der Waals surface area contributed by atoms with Crippen LogP contribution in [0.3, 0.4) is 0 Å². The molecule has 7 nitrogen and oxygen atoms in total. The molecule has 0 aliphatic rings. The predicted molar refractivity (Wildman–Crippen MR) is 72.8 cm³/mol. The maximum absolute atomic E-state index is 12.7. The highest BCUT2D eigenvalue weighted by molar-refractivity contribution is 7.99. The van der Waals surface area contributed by atoms with Crippen LogP contribution in [0.2, 0.25) is 0 Å². The van der Waals surface area contributed by atoms with Gasteiger partial charge in [0.05, 0.1) is 5.75 Å². The summed E-state index contributed by atoms with van der Waals surface area (Å²) in [5, 5.41) is 11.7. The summed E-state index contributed by atoms with van der Waals surface area (Å²) in [6.45, 7) is 2.22. The van der Waals surface area contributed by atoms with E-state index in [1.165, 1.54) is 7.05 Å². The van der Waals surface area contributed by atoms with Gasteiger partial charge < -0.3 is 10.3 Å². The minimum absolute atomic E-state index is 0.0112. The summed E-state index contributed by atoms with van der Waals surface area (Å²) in [5.74, 6) is -0.255. The summed E-state index contributed by atoms with van der Waals surface area (Å²) < 4.78 is 40.9. The largest absolute Gasteiger partial charge is 0.435 e. The van der Waals surface area contributed by atoms with Crippen LogP contribution in [0.1, 0.15) is 12.6 Å². The number of thioether (sulfide) groups is 1. The van der Waals surface area contributed by atoms with E-state index in [9.17, 15) is 18.0 Å². The molecule has 0 radical (unpaired) electrons. The van der Waals surface area contributed by atoms with E-state index in [4.69, 9.17) is 5.73 Å². The summed E-state index contributed by atoms with van der Waals surface area (Å²) in [7, 11) is 1.40. The van der Waals surface area contributed by atoms with Gasteiger partial charge in [0.15, 0.2) is 16.7 Å². The highest BCUT2D eigenvalue weighted by Gasteiger charge is 2.35. The average Bonchev–Trinajstić information content (AvgIpc) is 2.98. The fourth-order valence-corrected chi connectivity index (χ4v) is 2.56. The van der Waals surface area contributed by atoms with Crippen LogP contribution in [-0.2, 0) is 24.6 Å². The molecular formula is C11H13F3N6OS. The van der Waals surface area contributed by atoms with Gasteiger partial charge in [0.1, 0.15) is 5.69 Å². The molecule has 0 unspecified atom stereocenters. The summed E-state index contributed by atoms with van der Waals surface area (Å²) in [6.07, 6.45) is -4.53. The number of primary amides is 1. The number of hydrogen-bond donors (Lipinski definition) is 1. The summed E-state index contributed by atoms with van der Waals surface area (Å²) in [5.41, 5.74) is 4.26. The van der Waals surface area contributed by atoms with E-state index in [2.05, 4.69) is 15.3 Å². The van der Waals surface area contributed by atoms with Crippen molar-refractivity contribution < 1.29 is 18.0 Å². The van der Waals surface area contributed by atoms with Crippen molar-refractivity contribution in [3.8, 4) is 11.5 Å². The number of halogens is 3. The fraction of sp³-hybridized carbons (Fsp3) is 0.455. The van der Waals surface area contributed by atoms with Gasteiger partial charge in [0, 0.05) is 13.6 Å². The molecule has 0 bridgehead atoms. The number of amides is 1. The molecule has 0 aromatic carbocycles. The molecule has 2 aromatic heterocycles. The minimum Gasteiger partial charge on any atom is -0.369 e. The maximum Gasteiger partial charge on any atom is 0.435 e. The van der Waals surface area contributed by atoms with Crippen LogP contribution in [0, 0.1) is 0 Å². The van der Waals surface area contributed by atoms with Crippen molar-refractivity contribution in [1.29, 1.82) is 0 Å². The zero-order valence-electron chi connectivity index (χ0n) is 11.8. The van der Waals surface area contributed by atoms with Crippen LogP contribution in [0.5, 0.6) is 0 Å². The number of rotatable bonds is 5. The fourth-order valence-electron chi connectivity index (χ4n) is 1.82. The molecule has 1 amide bonds. The minimum atomic E-state index is -4.53. The quantitative estimate of drug-likeness (QED) is 0.832. The first kappa shape index (κ1) is 16.3. The van der Waals surface area contributed by atoms with Crippen molar-refractivity contribution in [3.63, 3.8) is 0 Å². The standard InChI is InChI=1S/C11H13F3N6OS/c1-3-20-9(16-17-10(20)22-5-8(15)21)6-4-7(11(12,13)14)18-19(6)2/h4H,3,5H2,1-2H3,(H2,15,21). The number of nitrogens with two attached hydrogens (primary N) is 1. The second kappa shape index (κ2) is 5.99. The molecule has 22 heavy (non-hydrogen) atoms. The summed E-state index contributed by atoms with van der Waals surface area (Å²) in [6, 6.07) is 0.915. The van der Waals surface area contributed by atoms with Gasteiger partial charge in [-0.05, 0) is 13.0 Å². The molecular weight excluding hydrogens is 321 g/mol. The maximum atomic E-state index is 12.7.